The minimum Gasteiger partial charge on any atom is -0.496 e. The van der Waals surface area contributed by atoms with Crippen LogP contribution in [0.5, 0.6) is 11.5 Å². The summed E-state index contributed by atoms with van der Waals surface area (Å²) in [7, 11) is 3.25. The van der Waals surface area contributed by atoms with Crippen LogP contribution in [0, 0.1) is 0 Å². The number of furan rings is 1. The Morgan fingerprint density at radius 3 is 2.28 bits per heavy atom. The molecule has 2 aromatic rings. The van der Waals surface area contributed by atoms with Gasteiger partial charge in [-0.3, -0.25) is 0 Å². The van der Waals surface area contributed by atoms with Crippen molar-refractivity contribution >= 4 is 0 Å². The van der Waals surface area contributed by atoms with E-state index in [0.29, 0.717) is 6.42 Å². The van der Waals surface area contributed by atoms with Crippen LogP contribution in [0.2, 0.25) is 0 Å². The predicted molar refractivity (Wildman–Crippen MR) is 68.9 cm³/mol. The molecule has 1 aromatic carbocycles. The molecule has 0 fully saturated rings. The maximum Gasteiger partial charge on any atom is 0.127 e. The molecule has 1 unspecified atom stereocenters. The van der Waals surface area contributed by atoms with Crippen LogP contribution in [-0.4, -0.2) is 14.2 Å². The number of hydrogen-bond acceptors (Lipinski definition) is 4. The monoisotopic (exact) mass is 247 g/mol. The molecule has 0 spiro atoms. The lowest BCUT2D eigenvalue weighted by atomic mass is 10.0. The Kier molecular flexibility index (Phi) is 3.89. The van der Waals surface area contributed by atoms with Crippen molar-refractivity contribution in [2.45, 2.75) is 12.5 Å². The first-order valence-electron chi connectivity index (χ1n) is 5.75. The number of rotatable bonds is 5. The van der Waals surface area contributed by atoms with Crippen LogP contribution >= 0.6 is 0 Å². The first-order chi connectivity index (χ1) is 8.76. The minimum absolute atomic E-state index is 0.234. The van der Waals surface area contributed by atoms with Crippen molar-refractivity contribution in [2.75, 3.05) is 14.2 Å². The minimum atomic E-state index is -0.234. The average molecular weight is 247 g/mol. The highest BCUT2D eigenvalue weighted by Crippen LogP contribution is 2.34. The van der Waals surface area contributed by atoms with Crippen molar-refractivity contribution in [3.8, 4) is 11.5 Å². The van der Waals surface area contributed by atoms with Crippen LogP contribution < -0.4 is 15.2 Å². The number of nitrogens with two attached hydrogens (primary N) is 1. The molecule has 1 aromatic heterocycles. The summed E-state index contributed by atoms with van der Waals surface area (Å²) in [6.45, 7) is 0. The molecular formula is C14H17NO3. The molecule has 0 aliphatic heterocycles. The first-order valence-corrected chi connectivity index (χ1v) is 5.75. The van der Waals surface area contributed by atoms with Crippen LogP contribution in [0.25, 0.3) is 0 Å². The van der Waals surface area contributed by atoms with Crippen molar-refractivity contribution in [1.82, 2.24) is 0 Å². The lowest BCUT2D eigenvalue weighted by molar-refractivity contribution is 0.376. The number of ether oxygens (including phenoxy) is 2. The van der Waals surface area contributed by atoms with Gasteiger partial charge >= 0.3 is 0 Å². The Balaban J connectivity index is 2.30. The van der Waals surface area contributed by atoms with Gasteiger partial charge in [-0.1, -0.05) is 6.07 Å². The molecule has 0 saturated carbocycles. The smallest absolute Gasteiger partial charge is 0.127 e. The maximum absolute atomic E-state index is 6.22. The molecule has 2 N–H and O–H groups in total. The molecule has 1 atom stereocenters. The standard InChI is InChI=1S/C14H17NO3/c1-16-12-6-3-7-13(17-2)14(12)11(15)9-10-5-4-8-18-10/h3-8,11H,9,15H2,1-2H3. The van der Waals surface area contributed by atoms with Crippen molar-refractivity contribution in [2.24, 2.45) is 5.73 Å². The van der Waals surface area contributed by atoms with Crippen LogP contribution in [-0.2, 0) is 6.42 Å². The Bertz CT molecular complexity index is 471. The summed E-state index contributed by atoms with van der Waals surface area (Å²) >= 11 is 0. The lowest BCUT2D eigenvalue weighted by Gasteiger charge is -2.18. The second-order valence-electron chi connectivity index (χ2n) is 3.97. The average Bonchev–Trinajstić information content (AvgIpc) is 2.90. The normalized spacial score (nSPS) is 12.2. The fourth-order valence-corrected chi connectivity index (χ4v) is 1.99. The van der Waals surface area contributed by atoms with E-state index in [-0.39, 0.29) is 6.04 Å². The number of benzene rings is 1. The van der Waals surface area contributed by atoms with Crippen LogP contribution in [0.4, 0.5) is 0 Å². The van der Waals surface area contributed by atoms with Gasteiger partial charge in [0.25, 0.3) is 0 Å². The molecule has 0 bridgehead atoms. The van der Waals surface area contributed by atoms with Crippen molar-refractivity contribution in [3.63, 3.8) is 0 Å². The molecule has 0 saturated heterocycles. The second kappa shape index (κ2) is 5.60. The molecule has 0 aliphatic carbocycles. The Hall–Kier alpha value is -1.94. The molecule has 4 heteroatoms. The van der Waals surface area contributed by atoms with E-state index in [1.165, 1.54) is 0 Å². The fourth-order valence-electron chi connectivity index (χ4n) is 1.99. The molecule has 2 rings (SSSR count). The van der Waals surface area contributed by atoms with Gasteiger partial charge in [0.2, 0.25) is 0 Å². The zero-order valence-corrected chi connectivity index (χ0v) is 10.6. The van der Waals surface area contributed by atoms with Crippen LogP contribution in [0.3, 0.4) is 0 Å². The van der Waals surface area contributed by atoms with E-state index in [0.717, 1.165) is 22.8 Å². The second-order valence-corrected chi connectivity index (χ2v) is 3.97. The van der Waals surface area contributed by atoms with Crippen LogP contribution in [0.15, 0.2) is 41.0 Å². The Morgan fingerprint density at radius 1 is 1.11 bits per heavy atom. The maximum atomic E-state index is 6.22. The molecule has 18 heavy (non-hydrogen) atoms. The molecule has 4 nitrogen and oxygen atoms in total. The van der Waals surface area contributed by atoms with Crippen LogP contribution in [0.1, 0.15) is 17.4 Å². The van der Waals surface area contributed by atoms with E-state index in [1.54, 1.807) is 20.5 Å². The van der Waals surface area contributed by atoms with Gasteiger partial charge in [0.1, 0.15) is 17.3 Å². The van der Waals surface area contributed by atoms with E-state index in [2.05, 4.69) is 0 Å². The highest BCUT2D eigenvalue weighted by Gasteiger charge is 2.18. The molecule has 0 radical (unpaired) electrons. The van der Waals surface area contributed by atoms with Gasteiger partial charge < -0.3 is 19.6 Å². The van der Waals surface area contributed by atoms with Crippen molar-refractivity contribution < 1.29 is 13.9 Å². The van der Waals surface area contributed by atoms with Gasteiger partial charge in [-0.05, 0) is 24.3 Å². The van der Waals surface area contributed by atoms with E-state index in [4.69, 9.17) is 19.6 Å². The summed E-state index contributed by atoms with van der Waals surface area (Å²) in [5.74, 6) is 2.30. The summed E-state index contributed by atoms with van der Waals surface area (Å²) in [5.41, 5.74) is 7.08. The number of methoxy groups -OCH3 is 2. The number of hydrogen-bond donors (Lipinski definition) is 1. The van der Waals surface area contributed by atoms with Gasteiger partial charge in [-0.15, -0.1) is 0 Å². The molecular weight excluding hydrogens is 230 g/mol. The Morgan fingerprint density at radius 2 is 1.78 bits per heavy atom. The van der Waals surface area contributed by atoms with Gasteiger partial charge in [0.05, 0.1) is 26.0 Å². The molecule has 1 heterocycles. The zero-order valence-electron chi connectivity index (χ0n) is 10.6. The van der Waals surface area contributed by atoms with E-state index in [1.807, 2.05) is 30.3 Å². The predicted octanol–water partition coefficient (Wildman–Crippen LogP) is 2.54. The van der Waals surface area contributed by atoms with Gasteiger partial charge in [-0.2, -0.15) is 0 Å². The highest BCUT2D eigenvalue weighted by molar-refractivity contribution is 5.47. The summed E-state index contributed by atoms with van der Waals surface area (Å²) < 4.78 is 16.0. The SMILES string of the molecule is COc1cccc(OC)c1C(N)Cc1ccco1. The summed E-state index contributed by atoms with van der Waals surface area (Å²) in [4.78, 5) is 0. The summed E-state index contributed by atoms with van der Waals surface area (Å²) in [6, 6.07) is 9.14. The van der Waals surface area contributed by atoms with Crippen molar-refractivity contribution in [3.05, 3.63) is 47.9 Å². The van der Waals surface area contributed by atoms with E-state index in [9.17, 15) is 0 Å². The quantitative estimate of drug-likeness (QED) is 0.882. The third kappa shape index (κ3) is 2.49. The third-order valence-corrected chi connectivity index (χ3v) is 2.84. The first kappa shape index (κ1) is 12.5. The van der Waals surface area contributed by atoms with Gasteiger partial charge in [-0.25, -0.2) is 0 Å². The van der Waals surface area contributed by atoms with Gasteiger partial charge in [0.15, 0.2) is 0 Å². The van der Waals surface area contributed by atoms with E-state index >= 15 is 0 Å². The van der Waals surface area contributed by atoms with Crippen molar-refractivity contribution in [1.29, 1.82) is 0 Å². The van der Waals surface area contributed by atoms with Gasteiger partial charge in [0, 0.05) is 12.5 Å². The zero-order chi connectivity index (χ0) is 13.0. The lowest BCUT2D eigenvalue weighted by Crippen LogP contribution is -2.15. The Labute approximate surface area is 106 Å². The topological polar surface area (TPSA) is 57.6 Å². The molecule has 0 amide bonds. The summed E-state index contributed by atoms with van der Waals surface area (Å²) in [5, 5.41) is 0. The fraction of sp³-hybridized carbons (Fsp3) is 0.286. The van der Waals surface area contributed by atoms with E-state index < -0.39 is 0 Å². The summed E-state index contributed by atoms with van der Waals surface area (Å²) in [6.07, 6.45) is 2.24. The third-order valence-electron chi connectivity index (χ3n) is 2.84. The highest BCUT2D eigenvalue weighted by atomic mass is 16.5. The largest absolute Gasteiger partial charge is 0.496 e. The molecule has 0 aliphatic rings. The molecule has 96 valence electrons.